The average Bonchev–Trinajstić information content (AvgIpc) is 2.54. The predicted molar refractivity (Wildman–Crippen MR) is 106 cm³/mol. The summed E-state index contributed by atoms with van der Waals surface area (Å²) in [6.45, 7) is 0. The van der Waals surface area contributed by atoms with Gasteiger partial charge in [-0.15, -0.1) is 0 Å². The van der Waals surface area contributed by atoms with E-state index in [9.17, 15) is 0 Å². The van der Waals surface area contributed by atoms with Crippen molar-refractivity contribution in [3.63, 3.8) is 0 Å². The van der Waals surface area contributed by atoms with Crippen LogP contribution in [-0.4, -0.2) is 110 Å². The summed E-state index contributed by atoms with van der Waals surface area (Å²) in [5.74, 6) is 0. The van der Waals surface area contributed by atoms with Crippen molar-refractivity contribution >= 4 is 110 Å². The highest BCUT2D eigenvalue weighted by atomic mass is 28.4. The van der Waals surface area contributed by atoms with Crippen LogP contribution in [-0.2, 0) is 45.3 Å². The van der Waals surface area contributed by atoms with Gasteiger partial charge >= 0.3 is 0 Å². The van der Waals surface area contributed by atoms with Gasteiger partial charge in [-0.3, -0.25) is 0 Å². The molecule has 11 nitrogen and oxygen atoms in total. The van der Waals surface area contributed by atoms with E-state index in [0.29, 0.717) is 0 Å². The highest BCUT2D eigenvalue weighted by Crippen LogP contribution is 1.80. The van der Waals surface area contributed by atoms with Crippen molar-refractivity contribution in [2.75, 3.05) is 0 Å². The Morgan fingerprint density at radius 1 is 0.182 bits per heavy atom. The summed E-state index contributed by atoms with van der Waals surface area (Å²) < 4.78 is 57.3. The third-order valence-corrected chi connectivity index (χ3v) is 16.5. The van der Waals surface area contributed by atoms with Crippen molar-refractivity contribution in [3.8, 4) is 0 Å². The molecule has 0 bridgehead atoms. The molecule has 0 spiro atoms. The summed E-state index contributed by atoms with van der Waals surface area (Å²) in [5.41, 5.74) is 0. The van der Waals surface area contributed by atoms with Gasteiger partial charge in [-0.05, 0) is 0 Å². The lowest BCUT2D eigenvalue weighted by molar-refractivity contribution is 0.346. The van der Waals surface area contributed by atoms with Crippen molar-refractivity contribution < 1.29 is 45.3 Å². The molecule has 132 valence electrons. The molecule has 2 aliphatic rings. The lowest BCUT2D eigenvalue weighted by Gasteiger charge is -2.10. The molecule has 2 aliphatic heterocycles. The summed E-state index contributed by atoms with van der Waals surface area (Å²) in [6, 6.07) is 0. The van der Waals surface area contributed by atoms with Crippen LogP contribution in [0.3, 0.4) is 0 Å². The van der Waals surface area contributed by atoms with Gasteiger partial charge in [-0.25, -0.2) is 0 Å². The van der Waals surface area contributed by atoms with E-state index in [-0.39, 0.29) is 0 Å². The monoisotopic (exact) mass is 506 g/mol. The number of rotatable bonds is 0. The molecule has 0 radical (unpaired) electrons. The van der Waals surface area contributed by atoms with Crippen LogP contribution < -0.4 is 0 Å². The first-order chi connectivity index (χ1) is 11.0. The molecular weight excluding hydrogens is 485 g/mol. The molecule has 0 unspecified atom stereocenters. The zero-order chi connectivity index (χ0) is 15.6. The van der Waals surface area contributed by atoms with Crippen LogP contribution in [0.4, 0.5) is 0 Å². The van der Waals surface area contributed by atoms with Crippen LogP contribution in [0.25, 0.3) is 0 Å². The standard InChI is InChI=1S/H12O6Si6.H10O5Si5/c1-7-2-9-4-11-6-12-5-10-3-8-1;1-6-2-8-4-10-5-9-3-7-1/h7-12H2;6-10H2. The van der Waals surface area contributed by atoms with Crippen LogP contribution in [0, 0.1) is 0 Å². The van der Waals surface area contributed by atoms with Gasteiger partial charge in [0, 0.05) is 0 Å². The maximum Gasteiger partial charge on any atom is 0.286 e. The van der Waals surface area contributed by atoms with Gasteiger partial charge in [0.2, 0.25) is 0 Å². The van der Waals surface area contributed by atoms with E-state index in [4.69, 9.17) is 45.3 Å². The van der Waals surface area contributed by atoms with Crippen molar-refractivity contribution in [1.82, 2.24) is 0 Å². The van der Waals surface area contributed by atoms with E-state index >= 15 is 0 Å². The van der Waals surface area contributed by atoms with Gasteiger partial charge in [0.05, 0.1) is 0 Å². The summed E-state index contributed by atoms with van der Waals surface area (Å²) in [6.07, 6.45) is 0. The normalized spacial score (nSPS) is 36.0. The van der Waals surface area contributed by atoms with E-state index < -0.39 is 110 Å². The number of hydrogen-bond donors (Lipinski definition) is 0. The van der Waals surface area contributed by atoms with Gasteiger partial charge in [0.25, 0.3) is 110 Å². The molecule has 0 aromatic heterocycles. The van der Waals surface area contributed by atoms with Crippen molar-refractivity contribution in [2.45, 2.75) is 0 Å². The molecule has 0 atom stereocenters. The molecule has 0 amide bonds. The largest absolute Gasteiger partial charge is 0.425 e. The third-order valence-electron chi connectivity index (χ3n) is 1.83. The Kier molecular flexibility index (Phi) is 19.3. The zero-order valence-electron chi connectivity index (χ0n) is 12.3. The fraction of sp³-hybridized carbons (Fsp3) is 0. The SMILES string of the molecule is O1[SiH2]O[SiH2]O[SiH2]O[SiH2]O[SiH2]1.O1[SiH2]O[SiH2]O[SiH2]O[SiH2]O[SiH2]O[SiH2]1. The summed E-state index contributed by atoms with van der Waals surface area (Å²) in [7, 11) is -8.39. The Bertz CT molecular complexity index is 142. The molecule has 2 rings (SSSR count). The minimum absolute atomic E-state index is 0.724. The molecule has 0 aliphatic carbocycles. The van der Waals surface area contributed by atoms with Crippen molar-refractivity contribution in [3.05, 3.63) is 0 Å². The molecule has 2 fully saturated rings. The first-order valence-electron chi connectivity index (χ1n) is 6.35. The summed E-state index contributed by atoms with van der Waals surface area (Å²) in [5, 5.41) is 0. The Morgan fingerprint density at radius 3 is 0.364 bits per heavy atom. The van der Waals surface area contributed by atoms with Gasteiger partial charge in [0.1, 0.15) is 0 Å². The molecule has 2 heterocycles. The van der Waals surface area contributed by atoms with Crippen molar-refractivity contribution in [1.29, 1.82) is 0 Å². The first-order valence-corrected chi connectivity index (χ1v) is 19.1. The molecule has 22 heavy (non-hydrogen) atoms. The van der Waals surface area contributed by atoms with E-state index in [2.05, 4.69) is 0 Å². The molecule has 0 aromatic rings. The second kappa shape index (κ2) is 19.3. The average molecular weight is 507 g/mol. The van der Waals surface area contributed by atoms with E-state index in [1.165, 1.54) is 0 Å². The van der Waals surface area contributed by atoms with Crippen LogP contribution in [0.15, 0.2) is 0 Å². The highest BCUT2D eigenvalue weighted by molar-refractivity contribution is 6.51. The predicted octanol–water partition coefficient (Wildman–Crippen LogP) is -10.8. The van der Waals surface area contributed by atoms with Gasteiger partial charge in [0.15, 0.2) is 0 Å². The second-order valence-corrected chi connectivity index (χ2v) is 24.1. The maximum atomic E-state index is 5.24. The Hall–Kier alpha value is 1.95. The fourth-order valence-electron chi connectivity index (χ4n) is 1.02. The Labute approximate surface area is 155 Å². The quantitative estimate of drug-likeness (QED) is 0.293. The van der Waals surface area contributed by atoms with E-state index in [0.717, 1.165) is 0 Å². The topological polar surface area (TPSA) is 102 Å². The molecule has 0 N–H and O–H groups in total. The fourth-order valence-corrected chi connectivity index (χ4v) is 20.9. The molecule has 0 saturated carbocycles. The van der Waals surface area contributed by atoms with Gasteiger partial charge < -0.3 is 45.3 Å². The number of hydrogen-bond acceptors (Lipinski definition) is 11. The Balaban J connectivity index is 0.000000224. The third kappa shape index (κ3) is 16.8. The molecule has 0 aromatic carbocycles. The van der Waals surface area contributed by atoms with Crippen LogP contribution in [0.5, 0.6) is 0 Å². The van der Waals surface area contributed by atoms with Crippen LogP contribution in [0.2, 0.25) is 0 Å². The summed E-state index contributed by atoms with van der Waals surface area (Å²) in [4.78, 5) is 0. The van der Waals surface area contributed by atoms with Crippen LogP contribution >= 0.6 is 0 Å². The lowest BCUT2D eigenvalue weighted by atomic mass is 15.7. The molecule has 22 heteroatoms. The molecular formula is H22O11Si11. The van der Waals surface area contributed by atoms with Gasteiger partial charge in [-0.1, -0.05) is 0 Å². The minimum atomic E-state index is -0.795. The van der Waals surface area contributed by atoms with Gasteiger partial charge in [-0.2, -0.15) is 0 Å². The van der Waals surface area contributed by atoms with E-state index in [1.54, 1.807) is 0 Å². The highest BCUT2D eigenvalue weighted by Gasteiger charge is 1.98. The van der Waals surface area contributed by atoms with Crippen molar-refractivity contribution in [2.24, 2.45) is 0 Å². The second-order valence-electron chi connectivity index (χ2n) is 3.54. The summed E-state index contributed by atoms with van der Waals surface area (Å²) >= 11 is 0. The first kappa shape index (κ1) is 22.0. The molecule has 2 saturated heterocycles. The van der Waals surface area contributed by atoms with E-state index in [1.807, 2.05) is 0 Å². The smallest absolute Gasteiger partial charge is 0.286 e. The van der Waals surface area contributed by atoms with Crippen LogP contribution in [0.1, 0.15) is 0 Å². The maximum absolute atomic E-state index is 5.24. The lowest BCUT2D eigenvalue weighted by Crippen LogP contribution is -2.23. The minimum Gasteiger partial charge on any atom is -0.425 e. The zero-order valence-corrected chi connectivity index (χ0v) is 27.8. The Morgan fingerprint density at radius 2 is 0.273 bits per heavy atom.